The summed E-state index contributed by atoms with van der Waals surface area (Å²) in [5.41, 5.74) is 2.06. The maximum Gasteiger partial charge on any atom is 0.263 e. The first kappa shape index (κ1) is 18.4. The molecule has 0 radical (unpaired) electrons. The number of halogens is 1. The van der Waals surface area contributed by atoms with E-state index in [-0.39, 0.29) is 0 Å². The van der Waals surface area contributed by atoms with Crippen LogP contribution in [0.4, 0.5) is 11.4 Å². The van der Waals surface area contributed by atoms with E-state index >= 15 is 0 Å². The van der Waals surface area contributed by atoms with Crippen LogP contribution in [0.15, 0.2) is 51.2 Å². The SMILES string of the molecule is COc1cc(OC)cc(N2C(=O)[C@H]3N=NN(c4ccc(Br)c(C)c4)[C@H]3C2=O)c1. The zero-order chi connectivity index (χ0) is 20.0. The van der Waals surface area contributed by atoms with Crippen molar-refractivity contribution in [3.63, 3.8) is 0 Å². The Morgan fingerprint density at radius 2 is 1.64 bits per heavy atom. The predicted molar refractivity (Wildman–Crippen MR) is 106 cm³/mol. The Morgan fingerprint density at radius 3 is 2.25 bits per heavy atom. The molecule has 0 aromatic heterocycles. The third kappa shape index (κ3) is 2.82. The summed E-state index contributed by atoms with van der Waals surface area (Å²) in [4.78, 5) is 27.2. The largest absolute Gasteiger partial charge is 0.497 e. The van der Waals surface area contributed by atoms with Crippen LogP contribution in [0.1, 0.15) is 5.56 Å². The molecule has 1 saturated heterocycles. The number of hydrogen-bond donors (Lipinski definition) is 0. The average Bonchev–Trinajstić information content (AvgIpc) is 3.24. The number of rotatable bonds is 4. The van der Waals surface area contributed by atoms with Gasteiger partial charge >= 0.3 is 0 Å². The lowest BCUT2D eigenvalue weighted by Crippen LogP contribution is -2.40. The van der Waals surface area contributed by atoms with Gasteiger partial charge in [-0.05, 0) is 30.7 Å². The topological polar surface area (TPSA) is 83.8 Å². The molecule has 144 valence electrons. The number of aryl methyl sites for hydroxylation is 1. The van der Waals surface area contributed by atoms with Crippen molar-refractivity contribution < 1.29 is 19.1 Å². The van der Waals surface area contributed by atoms with Gasteiger partial charge in [0.2, 0.25) is 0 Å². The predicted octanol–water partition coefficient (Wildman–Crippen LogP) is 3.27. The van der Waals surface area contributed by atoms with Gasteiger partial charge in [0.05, 0.1) is 25.6 Å². The van der Waals surface area contributed by atoms with Crippen LogP contribution in [0.25, 0.3) is 0 Å². The van der Waals surface area contributed by atoms with Crippen molar-refractivity contribution in [2.24, 2.45) is 10.3 Å². The summed E-state index contributed by atoms with van der Waals surface area (Å²) in [5.74, 6) is 0.143. The minimum Gasteiger partial charge on any atom is -0.497 e. The lowest BCUT2D eigenvalue weighted by Gasteiger charge is -2.21. The van der Waals surface area contributed by atoms with Crippen molar-refractivity contribution in [3.05, 3.63) is 46.4 Å². The van der Waals surface area contributed by atoms with Crippen molar-refractivity contribution in [2.45, 2.75) is 19.0 Å². The minimum atomic E-state index is -0.881. The summed E-state index contributed by atoms with van der Waals surface area (Å²) in [6.45, 7) is 1.94. The highest BCUT2D eigenvalue weighted by atomic mass is 79.9. The number of imide groups is 1. The third-order valence-corrected chi connectivity index (χ3v) is 5.67. The molecule has 0 bridgehead atoms. The second-order valence-electron chi connectivity index (χ2n) is 6.46. The van der Waals surface area contributed by atoms with Crippen molar-refractivity contribution in [1.82, 2.24) is 0 Å². The molecule has 0 N–H and O–H groups in total. The minimum absolute atomic E-state index is 0.378. The molecule has 2 aromatic rings. The van der Waals surface area contributed by atoms with Gasteiger partial charge in [-0.2, -0.15) is 5.11 Å². The van der Waals surface area contributed by atoms with Crippen LogP contribution in [-0.4, -0.2) is 38.1 Å². The molecule has 2 aliphatic rings. The molecule has 0 saturated carbocycles. The summed E-state index contributed by atoms with van der Waals surface area (Å²) in [5, 5.41) is 9.65. The highest BCUT2D eigenvalue weighted by Gasteiger charge is 2.55. The number of nitrogens with zero attached hydrogens (tertiary/aromatic N) is 4. The van der Waals surface area contributed by atoms with Gasteiger partial charge in [-0.3, -0.25) is 9.59 Å². The third-order valence-electron chi connectivity index (χ3n) is 4.78. The Balaban J connectivity index is 1.71. The smallest absolute Gasteiger partial charge is 0.263 e. The van der Waals surface area contributed by atoms with Crippen molar-refractivity contribution >= 4 is 39.1 Å². The Bertz CT molecular complexity index is 987. The molecule has 2 amide bonds. The lowest BCUT2D eigenvalue weighted by atomic mass is 10.1. The van der Waals surface area contributed by atoms with Crippen molar-refractivity contribution in [3.8, 4) is 11.5 Å². The first-order valence-electron chi connectivity index (χ1n) is 8.51. The summed E-state index contributed by atoms with van der Waals surface area (Å²) in [6, 6.07) is 8.80. The van der Waals surface area contributed by atoms with E-state index in [1.54, 1.807) is 18.2 Å². The number of carbonyl (C=O) groups excluding carboxylic acids is 2. The van der Waals surface area contributed by atoms with Gasteiger partial charge < -0.3 is 9.47 Å². The Morgan fingerprint density at radius 1 is 0.964 bits per heavy atom. The van der Waals surface area contributed by atoms with E-state index < -0.39 is 23.9 Å². The number of hydrogen-bond acceptors (Lipinski definition) is 7. The summed E-state index contributed by atoms with van der Waals surface area (Å²) in [7, 11) is 3.01. The Hall–Kier alpha value is -2.94. The van der Waals surface area contributed by atoms with Crippen LogP contribution in [0.2, 0.25) is 0 Å². The summed E-state index contributed by atoms with van der Waals surface area (Å²) in [6.07, 6.45) is 0. The van der Waals surface area contributed by atoms with Gasteiger partial charge in [0, 0.05) is 22.7 Å². The van der Waals surface area contributed by atoms with E-state index in [2.05, 4.69) is 26.3 Å². The molecule has 2 aliphatic heterocycles. The molecule has 0 aliphatic carbocycles. The summed E-state index contributed by atoms with van der Waals surface area (Å²) < 4.78 is 11.4. The van der Waals surface area contributed by atoms with Crippen LogP contribution >= 0.6 is 15.9 Å². The molecule has 2 heterocycles. The second-order valence-corrected chi connectivity index (χ2v) is 7.31. The molecule has 2 aromatic carbocycles. The number of ether oxygens (including phenoxy) is 2. The molecule has 8 nitrogen and oxygen atoms in total. The number of fused-ring (bicyclic) bond motifs is 1. The molecule has 9 heteroatoms. The van der Waals surface area contributed by atoms with Gasteiger partial charge in [-0.1, -0.05) is 21.2 Å². The zero-order valence-corrected chi connectivity index (χ0v) is 17.0. The zero-order valence-electron chi connectivity index (χ0n) is 15.4. The molecule has 0 spiro atoms. The number of methoxy groups -OCH3 is 2. The highest BCUT2D eigenvalue weighted by molar-refractivity contribution is 9.10. The first-order valence-corrected chi connectivity index (χ1v) is 9.31. The maximum atomic E-state index is 13.2. The van der Waals surface area contributed by atoms with Crippen LogP contribution in [0, 0.1) is 6.92 Å². The normalized spacial score (nSPS) is 20.7. The fourth-order valence-corrected chi connectivity index (χ4v) is 3.57. The molecule has 2 atom stereocenters. The number of carbonyl (C=O) groups is 2. The van der Waals surface area contributed by atoms with Gasteiger partial charge in [0.15, 0.2) is 12.1 Å². The van der Waals surface area contributed by atoms with Crippen LogP contribution in [0.5, 0.6) is 11.5 Å². The van der Waals surface area contributed by atoms with Gasteiger partial charge in [-0.25, -0.2) is 9.91 Å². The quantitative estimate of drug-likeness (QED) is 0.675. The standard InChI is InChI=1S/C19H17BrN4O4/c1-10-6-11(4-5-15(10)20)24-17-16(21-22-24)18(25)23(19(17)26)12-7-13(27-2)9-14(8-12)28-3/h4-9,16-17H,1-3H3/t16-,17+/m0/s1. The fraction of sp³-hybridized carbons (Fsp3) is 0.263. The van der Waals surface area contributed by atoms with Gasteiger partial charge in [0.25, 0.3) is 11.8 Å². The van der Waals surface area contributed by atoms with Gasteiger partial charge in [-0.15, -0.1) is 0 Å². The van der Waals surface area contributed by atoms with Gasteiger partial charge in [0.1, 0.15) is 11.5 Å². The van der Waals surface area contributed by atoms with Crippen LogP contribution in [-0.2, 0) is 9.59 Å². The number of amides is 2. The summed E-state index contributed by atoms with van der Waals surface area (Å²) >= 11 is 3.46. The molecule has 4 rings (SSSR count). The molecule has 0 unspecified atom stereocenters. The first-order chi connectivity index (χ1) is 13.4. The Labute approximate surface area is 169 Å². The van der Waals surface area contributed by atoms with E-state index in [9.17, 15) is 9.59 Å². The van der Waals surface area contributed by atoms with E-state index in [0.29, 0.717) is 22.9 Å². The van der Waals surface area contributed by atoms with E-state index in [1.807, 2.05) is 25.1 Å². The monoisotopic (exact) mass is 444 g/mol. The molecular formula is C19H17BrN4O4. The number of anilines is 2. The highest BCUT2D eigenvalue weighted by Crippen LogP contribution is 2.38. The lowest BCUT2D eigenvalue weighted by molar-refractivity contribution is -0.121. The van der Waals surface area contributed by atoms with Crippen molar-refractivity contribution in [1.29, 1.82) is 0 Å². The maximum absolute atomic E-state index is 13.2. The second kappa shape index (κ2) is 6.90. The molecular weight excluding hydrogens is 428 g/mol. The number of benzene rings is 2. The van der Waals surface area contributed by atoms with Crippen molar-refractivity contribution in [2.75, 3.05) is 24.1 Å². The van der Waals surface area contributed by atoms with E-state index in [0.717, 1.165) is 14.9 Å². The molecule has 1 fully saturated rings. The van der Waals surface area contributed by atoms with E-state index in [1.165, 1.54) is 19.2 Å². The molecule has 28 heavy (non-hydrogen) atoms. The average molecular weight is 445 g/mol. The van der Waals surface area contributed by atoms with Crippen LogP contribution < -0.4 is 19.4 Å². The van der Waals surface area contributed by atoms with Crippen LogP contribution in [0.3, 0.4) is 0 Å². The fourth-order valence-electron chi connectivity index (χ4n) is 3.32. The van der Waals surface area contributed by atoms with E-state index in [4.69, 9.17) is 9.47 Å². The Kier molecular flexibility index (Phi) is 4.54.